The number of aromatic nitrogens is 4. The minimum Gasteiger partial charge on any atom is -0.381 e. The van der Waals surface area contributed by atoms with Gasteiger partial charge in [-0.3, -0.25) is 0 Å². The van der Waals surface area contributed by atoms with Gasteiger partial charge in [0.15, 0.2) is 11.5 Å². The van der Waals surface area contributed by atoms with Gasteiger partial charge in [0, 0.05) is 23.8 Å². The Kier molecular flexibility index (Phi) is 3.41. The predicted molar refractivity (Wildman–Crippen MR) is 87.0 cm³/mol. The van der Waals surface area contributed by atoms with Crippen LogP contribution in [0.1, 0.15) is 35.8 Å². The SMILES string of the molecule is Fc1ccccc1-n1nc(-c2nc([C@@H]3CCOC3)no2)c2c1CCC2. The van der Waals surface area contributed by atoms with Gasteiger partial charge in [-0.05, 0) is 37.8 Å². The highest BCUT2D eigenvalue weighted by molar-refractivity contribution is 5.58. The van der Waals surface area contributed by atoms with E-state index in [9.17, 15) is 4.39 Å². The molecule has 1 fully saturated rings. The second kappa shape index (κ2) is 5.77. The summed E-state index contributed by atoms with van der Waals surface area (Å²) in [4.78, 5) is 4.54. The fraction of sp³-hybridized carbons (Fsp3) is 0.389. The van der Waals surface area contributed by atoms with Gasteiger partial charge in [0.05, 0.1) is 6.61 Å². The van der Waals surface area contributed by atoms with Crippen LogP contribution in [-0.2, 0) is 17.6 Å². The molecule has 0 bridgehead atoms. The number of halogens is 1. The number of hydrogen-bond acceptors (Lipinski definition) is 5. The lowest BCUT2D eigenvalue weighted by Gasteiger charge is -2.06. The van der Waals surface area contributed by atoms with E-state index in [1.807, 2.05) is 6.07 Å². The molecule has 3 aromatic rings. The lowest BCUT2D eigenvalue weighted by Crippen LogP contribution is -2.03. The molecule has 1 saturated heterocycles. The van der Waals surface area contributed by atoms with Crippen LogP contribution < -0.4 is 0 Å². The van der Waals surface area contributed by atoms with E-state index in [0.717, 1.165) is 43.5 Å². The molecular formula is C18H17FN4O2. The molecule has 25 heavy (non-hydrogen) atoms. The molecule has 2 aromatic heterocycles. The van der Waals surface area contributed by atoms with Gasteiger partial charge in [-0.25, -0.2) is 9.07 Å². The molecule has 0 saturated carbocycles. The minimum atomic E-state index is -0.291. The third kappa shape index (κ3) is 2.38. The Morgan fingerprint density at radius 1 is 1.20 bits per heavy atom. The van der Waals surface area contributed by atoms with Crippen molar-refractivity contribution in [2.75, 3.05) is 13.2 Å². The Balaban J connectivity index is 1.59. The number of fused-ring (bicyclic) bond motifs is 1. The molecule has 6 nitrogen and oxygen atoms in total. The maximum atomic E-state index is 14.2. The first-order valence-electron chi connectivity index (χ1n) is 8.58. The van der Waals surface area contributed by atoms with Crippen molar-refractivity contribution >= 4 is 0 Å². The van der Waals surface area contributed by atoms with Crippen molar-refractivity contribution in [1.29, 1.82) is 0 Å². The molecule has 7 heteroatoms. The average molecular weight is 340 g/mol. The summed E-state index contributed by atoms with van der Waals surface area (Å²) in [5.74, 6) is 0.967. The summed E-state index contributed by atoms with van der Waals surface area (Å²) in [6.45, 7) is 1.35. The van der Waals surface area contributed by atoms with Gasteiger partial charge in [0.1, 0.15) is 11.5 Å². The van der Waals surface area contributed by atoms with Crippen LogP contribution in [-0.4, -0.2) is 33.1 Å². The van der Waals surface area contributed by atoms with Crippen LogP contribution in [0.3, 0.4) is 0 Å². The molecule has 1 aromatic carbocycles. The topological polar surface area (TPSA) is 66.0 Å². The van der Waals surface area contributed by atoms with Crippen LogP contribution in [0.25, 0.3) is 17.3 Å². The molecule has 1 aliphatic carbocycles. The van der Waals surface area contributed by atoms with Gasteiger partial charge in [0.2, 0.25) is 0 Å². The van der Waals surface area contributed by atoms with E-state index < -0.39 is 0 Å². The zero-order valence-electron chi connectivity index (χ0n) is 13.6. The van der Waals surface area contributed by atoms with Crippen molar-refractivity contribution in [2.45, 2.75) is 31.6 Å². The fourth-order valence-electron chi connectivity index (χ4n) is 3.67. The Morgan fingerprint density at radius 3 is 2.96 bits per heavy atom. The number of benzene rings is 1. The van der Waals surface area contributed by atoms with E-state index in [0.29, 0.717) is 29.7 Å². The van der Waals surface area contributed by atoms with Crippen molar-refractivity contribution in [3.63, 3.8) is 0 Å². The smallest absolute Gasteiger partial charge is 0.278 e. The Hall–Kier alpha value is -2.54. The van der Waals surface area contributed by atoms with E-state index in [1.54, 1.807) is 16.8 Å². The van der Waals surface area contributed by atoms with E-state index >= 15 is 0 Å². The maximum Gasteiger partial charge on any atom is 0.278 e. The second-order valence-electron chi connectivity index (χ2n) is 6.51. The molecule has 1 atom stereocenters. The number of ether oxygens (including phenoxy) is 1. The van der Waals surface area contributed by atoms with E-state index in [2.05, 4.69) is 15.2 Å². The first kappa shape index (κ1) is 14.8. The lowest BCUT2D eigenvalue weighted by atomic mass is 10.1. The van der Waals surface area contributed by atoms with Gasteiger partial charge in [-0.1, -0.05) is 17.3 Å². The van der Waals surface area contributed by atoms with Gasteiger partial charge < -0.3 is 9.26 Å². The summed E-state index contributed by atoms with van der Waals surface area (Å²) in [6.07, 6.45) is 3.68. The summed E-state index contributed by atoms with van der Waals surface area (Å²) < 4.78 is 26.8. The Bertz CT molecular complexity index is 927. The Labute approximate surface area is 143 Å². The third-order valence-corrected chi connectivity index (χ3v) is 4.95. The third-order valence-electron chi connectivity index (χ3n) is 4.95. The van der Waals surface area contributed by atoms with Crippen LogP contribution in [0.2, 0.25) is 0 Å². The van der Waals surface area contributed by atoms with Crippen LogP contribution in [0.5, 0.6) is 0 Å². The van der Waals surface area contributed by atoms with Crippen LogP contribution in [0.4, 0.5) is 4.39 Å². The van der Waals surface area contributed by atoms with E-state index in [-0.39, 0.29) is 11.7 Å². The fourth-order valence-corrected chi connectivity index (χ4v) is 3.67. The van der Waals surface area contributed by atoms with Gasteiger partial charge in [-0.2, -0.15) is 10.1 Å². The van der Waals surface area contributed by atoms with Crippen molar-refractivity contribution in [3.8, 4) is 17.3 Å². The number of para-hydroxylation sites is 1. The highest BCUT2D eigenvalue weighted by atomic mass is 19.1. The standard InChI is InChI=1S/C18H17FN4O2/c19-13-5-1-2-6-15(13)23-14-7-3-4-12(14)16(21-23)18-20-17(22-25-18)11-8-9-24-10-11/h1-2,5-6,11H,3-4,7-10H2/t11-/m1/s1. The average Bonchev–Trinajstić information content (AvgIpc) is 3.38. The molecule has 0 radical (unpaired) electrons. The summed E-state index contributed by atoms with van der Waals surface area (Å²) in [5.41, 5.74) is 3.24. The highest BCUT2D eigenvalue weighted by Crippen LogP contribution is 2.34. The number of nitrogens with zero attached hydrogens (tertiary/aromatic N) is 4. The number of rotatable bonds is 3. The van der Waals surface area contributed by atoms with Crippen molar-refractivity contribution in [2.24, 2.45) is 0 Å². The molecule has 2 aliphatic rings. The van der Waals surface area contributed by atoms with Gasteiger partial charge >= 0.3 is 0 Å². The largest absolute Gasteiger partial charge is 0.381 e. The minimum absolute atomic E-state index is 0.180. The van der Waals surface area contributed by atoms with Crippen LogP contribution >= 0.6 is 0 Å². The van der Waals surface area contributed by atoms with Crippen molar-refractivity contribution in [1.82, 2.24) is 19.9 Å². The summed E-state index contributed by atoms with van der Waals surface area (Å²) in [5, 5.41) is 8.73. The second-order valence-corrected chi connectivity index (χ2v) is 6.51. The molecule has 128 valence electrons. The molecule has 0 unspecified atom stereocenters. The van der Waals surface area contributed by atoms with Crippen molar-refractivity contribution < 1.29 is 13.7 Å². The predicted octanol–water partition coefficient (Wildman–Crippen LogP) is 3.05. The molecule has 1 aliphatic heterocycles. The van der Waals surface area contributed by atoms with E-state index in [4.69, 9.17) is 9.26 Å². The molecular weight excluding hydrogens is 323 g/mol. The first-order valence-corrected chi connectivity index (χ1v) is 8.58. The van der Waals surface area contributed by atoms with E-state index in [1.165, 1.54) is 6.07 Å². The monoisotopic (exact) mass is 340 g/mol. The summed E-state index contributed by atoms with van der Waals surface area (Å²) in [7, 11) is 0. The zero-order valence-corrected chi connectivity index (χ0v) is 13.6. The molecule has 0 spiro atoms. The molecule has 0 amide bonds. The lowest BCUT2D eigenvalue weighted by molar-refractivity contribution is 0.192. The highest BCUT2D eigenvalue weighted by Gasteiger charge is 2.29. The number of hydrogen-bond donors (Lipinski definition) is 0. The Morgan fingerprint density at radius 2 is 2.12 bits per heavy atom. The van der Waals surface area contributed by atoms with Gasteiger partial charge in [-0.15, -0.1) is 0 Å². The first-order chi connectivity index (χ1) is 12.3. The maximum absolute atomic E-state index is 14.2. The normalized spacial score (nSPS) is 19.5. The molecule has 5 rings (SSSR count). The summed E-state index contributed by atoms with van der Waals surface area (Å²) in [6, 6.07) is 6.67. The van der Waals surface area contributed by atoms with Crippen LogP contribution in [0.15, 0.2) is 28.8 Å². The molecule has 3 heterocycles. The molecule has 0 N–H and O–H groups in total. The zero-order chi connectivity index (χ0) is 16.8. The van der Waals surface area contributed by atoms with Crippen LogP contribution in [0, 0.1) is 5.82 Å². The van der Waals surface area contributed by atoms with Crippen molar-refractivity contribution in [3.05, 3.63) is 47.2 Å². The quantitative estimate of drug-likeness (QED) is 0.733. The summed E-state index contributed by atoms with van der Waals surface area (Å²) >= 11 is 0. The van der Waals surface area contributed by atoms with Gasteiger partial charge in [0.25, 0.3) is 5.89 Å².